The number of rotatable bonds is 55. The van der Waals surface area contributed by atoms with E-state index in [2.05, 4.69) is 31.3 Å². The number of amides is 1. The average molecular weight is 901 g/mol. The highest BCUT2D eigenvalue weighted by atomic mass is 16.3. The minimum Gasteiger partial charge on any atom is -0.394 e. The van der Waals surface area contributed by atoms with Crippen LogP contribution < -0.4 is 5.32 Å². The first-order valence-electron chi connectivity index (χ1n) is 29.6. The molecule has 0 saturated carbocycles. The van der Waals surface area contributed by atoms with Gasteiger partial charge in [-0.3, -0.25) is 4.79 Å². The third-order valence-electron chi connectivity index (χ3n) is 13.9. The lowest BCUT2D eigenvalue weighted by molar-refractivity contribution is -0.123. The average Bonchev–Trinajstić information content (AvgIpc) is 3.30. The molecule has 0 saturated heterocycles. The van der Waals surface area contributed by atoms with Crippen LogP contribution >= 0.6 is 0 Å². The fraction of sp³-hybridized carbons (Fsp3) is 0.917. The fourth-order valence-corrected chi connectivity index (χ4v) is 9.43. The van der Waals surface area contributed by atoms with Crippen molar-refractivity contribution in [3.05, 3.63) is 24.3 Å². The van der Waals surface area contributed by atoms with Crippen LogP contribution in [0.5, 0.6) is 0 Å². The van der Waals surface area contributed by atoms with Gasteiger partial charge in [-0.1, -0.05) is 321 Å². The number of hydrogen-bond acceptors (Lipinski definition) is 3. The van der Waals surface area contributed by atoms with E-state index in [0.29, 0.717) is 6.42 Å². The maximum atomic E-state index is 12.5. The van der Waals surface area contributed by atoms with Crippen molar-refractivity contribution in [2.45, 2.75) is 347 Å². The van der Waals surface area contributed by atoms with Crippen LogP contribution in [-0.4, -0.2) is 34.9 Å². The first-order valence-corrected chi connectivity index (χ1v) is 29.6. The van der Waals surface area contributed by atoms with Crippen LogP contribution in [0.4, 0.5) is 0 Å². The van der Waals surface area contributed by atoms with Gasteiger partial charge in [-0.2, -0.15) is 0 Å². The standard InChI is InChI=1S/C60H117NO3/c1-3-5-7-9-11-13-15-17-19-21-23-25-27-28-29-30-31-32-33-34-35-37-39-41-43-45-47-49-51-53-55-59(63)58(57-62)61-60(64)56-54-52-50-48-46-44-42-40-38-36-26-24-22-20-18-16-14-12-10-8-6-4-2/h45,47,53,55,58-59,62-63H,3-44,46,48-52,54,56-57H2,1-2H3,(H,61,64)/b47-45+,55-53+. The smallest absolute Gasteiger partial charge is 0.220 e. The van der Waals surface area contributed by atoms with Gasteiger partial charge in [0.25, 0.3) is 0 Å². The van der Waals surface area contributed by atoms with E-state index < -0.39 is 12.1 Å². The molecule has 0 rings (SSSR count). The lowest BCUT2D eigenvalue weighted by Gasteiger charge is -2.19. The third kappa shape index (κ3) is 51.8. The predicted molar refractivity (Wildman–Crippen MR) is 286 cm³/mol. The molecule has 0 aliphatic heterocycles. The fourth-order valence-electron chi connectivity index (χ4n) is 9.43. The zero-order valence-corrected chi connectivity index (χ0v) is 43.8. The van der Waals surface area contributed by atoms with Crippen LogP contribution in [0.25, 0.3) is 0 Å². The second-order valence-corrected chi connectivity index (χ2v) is 20.4. The molecule has 4 heteroatoms. The van der Waals surface area contributed by atoms with Gasteiger partial charge in [0.2, 0.25) is 5.91 Å². The van der Waals surface area contributed by atoms with Gasteiger partial charge in [0, 0.05) is 6.42 Å². The van der Waals surface area contributed by atoms with Crippen molar-refractivity contribution in [2.24, 2.45) is 0 Å². The molecule has 0 bridgehead atoms. The minimum atomic E-state index is -0.860. The summed E-state index contributed by atoms with van der Waals surface area (Å²) in [7, 11) is 0. The molecule has 2 atom stereocenters. The van der Waals surface area contributed by atoms with Crippen molar-refractivity contribution in [3.63, 3.8) is 0 Å². The summed E-state index contributed by atoms with van der Waals surface area (Å²) in [6.07, 6.45) is 75.0. The summed E-state index contributed by atoms with van der Waals surface area (Å²) in [5.41, 5.74) is 0. The van der Waals surface area contributed by atoms with Crippen molar-refractivity contribution in [1.82, 2.24) is 5.32 Å². The Morgan fingerprint density at radius 1 is 0.359 bits per heavy atom. The molecular weight excluding hydrogens is 783 g/mol. The third-order valence-corrected chi connectivity index (χ3v) is 13.9. The molecule has 2 unspecified atom stereocenters. The number of aliphatic hydroxyl groups is 2. The van der Waals surface area contributed by atoms with E-state index in [1.54, 1.807) is 6.08 Å². The molecule has 3 N–H and O–H groups in total. The molecule has 0 aromatic rings. The van der Waals surface area contributed by atoms with Gasteiger partial charge in [-0.05, 0) is 32.1 Å². The second kappa shape index (κ2) is 56.2. The SMILES string of the molecule is CCCCCCCCCCCCCCCCCCCCCCCCCC/C=C/CC/C=C/C(O)C(CO)NC(=O)CCCCCCCCCCCCCCCCCCCCCCCC. The van der Waals surface area contributed by atoms with E-state index in [9.17, 15) is 15.0 Å². The Labute approximate surface area is 402 Å². The summed E-state index contributed by atoms with van der Waals surface area (Å²) in [4.78, 5) is 12.5. The van der Waals surface area contributed by atoms with Crippen LogP contribution in [0.2, 0.25) is 0 Å². The van der Waals surface area contributed by atoms with Crippen molar-refractivity contribution >= 4 is 5.91 Å². The largest absolute Gasteiger partial charge is 0.394 e. The number of carbonyl (C=O) groups excluding carboxylic acids is 1. The zero-order chi connectivity index (χ0) is 46.3. The van der Waals surface area contributed by atoms with E-state index in [1.807, 2.05) is 6.08 Å². The topological polar surface area (TPSA) is 69.6 Å². The molecular formula is C60H117NO3. The highest BCUT2D eigenvalue weighted by Crippen LogP contribution is 2.18. The highest BCUT2D eigenvalue weighted by molar-refractivity contribution is 5.76. The number of allylic oxidation sites excluding steroid dienone is 3. The second-order valence-electron chi connectivity index (χ2n) is 20.4. The summed E-state index contributed by atoms with van der Waals surface area (Å²) >= 11 is 0. The van der Waals surface area contributed by atoms with Crippen LogP contribution in [0.15, 0.2) is 24.3 Å². The normalized spacial score (nSPS) is 12.9. The molecule has 0 heterocycles. The maximum absolute atomic E-state index is 12.5. The van der Waals surface area contributed by atoms with Crippen molar-refractivity contribution in [1.29, 1.82) is 0 Å². The van der Waals surface area contributed by atoms with E-state index in [0.717, 1.165) is 32.1 Å². The Morgan fingerprint density at radius 2 is 0.609 bits per heavy atom. The zero-order valence-electron chi connectivity index (χ0n) is 43.8. The lowest BCUT2D eigenvalue weighted by atomic mass is 10.0. The maximum Gasteiger partial charge on any atom is 0.220 e. The Balaban J connectivity index is 3.47. The van der Waals surface area contributed by atoms with Gasteiger partial charge in [0.05, 0.1) is 18.8 Å². The summed E-state index contributed by atoms with van der Waals surface area (Å²) in [6, 6.07) is -0.636. The molecule has 0 fully saturated rings. The Morgan fingerprint density at radius 3 is 0.906 bits per heavy atom. The number of nitrogens with one attached hydrogen (secondary N) is 1. The van der Waals surface area contributed by atoms with Gasteiger partial charge in [-0.25, -0.2) is 0 Å². The van der Waals surface area contributed by atoms with Gasteiger partial charge in [0.15, 0.2) is 0 Å². The minimum absolute atomic E-state index is 0.0664. The summed E-state index contributed by atoms with van der Waals surface area (Å²) in [6.45, 7) is 4.34. The molecule has 1 amide bonds. The number of hydrogen-bond donors (Lipinski definition) is 3. The molecule has 4 nitrogen and oxygen atoms in total. The highest BCUT2D eigenvalue weighted by Gasteiger charge is 2.18. The Kier molecular flexibility index (Phi) is 55.2. The molecule has 380 valence electrons. The van der Waals surface area contributed by atoms with Crippen LogP contribution in [-0.2, 0) is 4.79 Å². The summed E-state index contributed by atoms with van der Waals surface area (Å²) in [5.74, 6) is -0.0664. The first-order chi connectivity index (χ1) is 31.7. The van der Waals surface area contributed by atoms with Gasteiger partial charge in [-0.15, -0.1) is 0 Å². The van der Waals surface area contributed by atoms with E-state index in [-0.39, 0.29) is 12.5 Å². The summed E-state index contributed by atoms with van der Waals surface area (Å²) < 4.78 is 0. The molecule has 0 aromatic heterocycles. The monoisotopic (exact) mass is 900 g/mol. The van der Waals surface area contributed by atoms with Crippen LogP contribution in [0.1, 0.15) is 335 Å². The molecule has 64 heavy (non-hydrogen) atoms. The van der Waals surface area contributed by atoms with Gasteiger partial charge < -0.3 is 15.5 Å². The van der Waals surface area contributed by atoms with E-state index in [4.69, 9.17) is 0 Å². The molecule has 0 aromatic carbocycles. The number of carbonyl (C=O) groups is 1. The van der Waals surface area contributed by atoms with E-state index in [1.165, 1.54) is 283 Å². The number of aliphatic hydroxyl groups excluding tert-OH is 2. The van der Waals surface area contributed by atoms with Gasteiger partial charge >= 0.3 is 0 Å². The molecule has 0 spiro atoms. The molecule has 0 radical (unpaired) electrons. The lowest BCUT2D eigenvalue weighted by Crippen LogP contribution is -2.45. The van der Waals surface area contributed by atoms with E-state index >= 15 is 0 Å². The Hall–Kier alpha value is -1.13. The molecule has 0 aliphatic rings. The van der Waals surface area contributed by atoms with Crippen molar-refractivity contribution < 1.29 is 15.0 Å². The van der Waals surface area contributed by atoms with Crippen molar-refractivity contribution in [2.75, 3.05) is 6.61 Å². The predicted octanol–water partition coefficient (Wildman–Crippen LogP) is 19.5. The summed E-state index contributed by atoms with van der Waals surface area (Å²) in [5, 5.41) is 23.2. The molecule has 0 aliphatic carbocycles. The van der Waals surface area contributed by atoms with Crippen molar-refractivity contribution in [3.8, 4) is 0 Å². The van der Waals surface area contributed by atoms with Gasteiger partial charge in [0.1, 0.15) is 0 Å². The number of unbranched alkanes of at least 4 members (excludes halogenated alkanes) is 46. The quantitative estimate of drug-likeness (QED) is 0.0421. The first kappa shape index (κ1) is 62.9. The Bertz CT molecular complexity index is 932. The van der Waals surface area contributed by atoms with Crippen LogP contribution in [0, 0.1) is 0 Å². The van der Waals surface area contributed by atoms with Crippen LogP contribution in [0.3, 0.4) is 0 Å².